The van der Waals surface area contributed by atoms with Gasteiger partial charge in [-0.15, -0.1) is 0 Å². The lowest BCUT2D eigenvalue weighted by molar-refractivity contribution is -0.130. The summed E-state index contributed by atoms with van der Waals surface area (Å²) < 4.78 is 5.68. The fourth-order valence-corrected chi connectivity index (χ4v) is 4.56. The number of aliphatic hydroxyl groups excluding tert-OH is 1. The summed E-state index contributed by atoms with van der Waals surface area (Å²) in [6.07, 6.45) is 0.515. The first kappa shape index (κ1) is 19.7. The second-order valence-electron chi connectivity index (χ2n) is 7.44. The maximum atomic E-state index is 13.2. The van der Waals surface area contributed by atoms with E-state index in [4.69, 9.17) is 4.74 Å². The lowest BCUT2D eigenvalue weighted by Gasteiger charge is -2.31. The molecule has 4 atom stereocenters. The summed E-state index contributed by atoms with van der Waals surface area (Å²) >= 11 is 0. The Morgan fingerprint density at radius 1 is 1.10 bits per heavy atom. The summed E-state index contributed by atoms with van der Waals surface area (Å²) in [5, 5.41) is 19.7. The highest BCUT2D eigenvalue weighted by Gasteiger charge is 2.55. The van der Waals surface area contributed by atoms with Gasteiger partial charge in [-0.3, -0.25) is 4.79 Å². The van der Waals surface area contributed by atoms with E-state index in [1.807, 2.05) is 48.2 Å². The van der Waals surface area contributed by atoms with Gasteiger partial charge in [0.05, 0.1) is 18.7 Å². The lowest BCUT2D eigenvalue weighted by atomic mass is 9.83. The summed E-state index contributed by atoms with van der Waals surface area (Å²) in [6, 6.07) is 14.2. The van der Waals surface area contributed by atoms with Crippen LogP contribution in [0.3, 0.4) is 0 Å². The fraction of sp³-hybridized carbons (Fsp3) is 0.409. The minimum Gasteiger partial charge on any atom is -0.508 e. The molecule has 0 bridgehead atoms. The number of carbonyl (C=O) groups is 1. The van der Waals surface area contributed by atoms with Crippen LogP contribution in [-0.2, 0) is 4.79 Å². The number of hydrazine groups is 1. The third-order valence-corrected chi connectivity index (χ3v) is 5.75. The van der Waals surface area contributed by atoms with Gasteiger partial charge in [-0.1, -0.05) is 30.3 Å². The highest BCUT2D eigenvalue weighted by Crippen LogP contribution is 2.48. The van der Waals surface area contributed by atoms with Crippen molar-refractivity contribution in [2.75, 3.05) is 19.8 Å². The van der Waals surface area contributed by atoms with Crippen molar-refractivity contribution in [1.82, 2.24) is 15.8 Å². The number of hydrogen-bond donors (Lipinski definition) is 4. The van der Waals surface area contributed by atoms with Gasteiger partial charge >= 0.3 is 0 Å². The largest absolute Gasteiger partial charge is 0.508 e. The van der Waals surface area contributed by atoms with Gasteiger partial charge in [-0.05, 0) is 37.1 Å². The Labute approximate surface area is 170 Å². The number of hydrogen-bond acceptors (Lipinski definition) is 6. The smallest absolute Gasteiger partial charge is 0.242 e. The number of aliphatic hydroxyl groups is 1. The van der Waals surface area contributed by atoms with Crippen LogP contribution in [0, 0.1) is 5.92 Å². The summed E-state index contributed by atoms with van der Waals surface area (Å²) in [4.78, 5) is 15.0. The van der Waals surface area contributed by atoms with Crippen LogP contribution in [0.5, 0.6) is 11.5 Å². The molecule has 0 aliphatic carbocycles. The zero-order valence-electron chi connectivity index (χ0n) is 16.4. The molecule has 4 unspecified atom stereocenters. The summed E-state index contributed by atoms with van der Waals surface area (Å²) in [7, 11) is 0. The highest BCUT2D eigenvalue weighted by molar-refractivity contribution is 5.86. The number of likely N-dealkylation sites (tertiary alicyclic amines) is 1. The van der Waals surface area contributed by atoms with Crippen LogP contribution >= 0.6 is 0 Å². The van der Waals surface area contributed by atoms with E-state index in [1.165, 1.54) is 0 Å². The van der Waals surface area contributed by atoms with Gasteiger partial charge < -0.3 is 19.8 Å². The Kier molecular flexibility index (Phi) is 5.71. The molecule has 2 aromatic rings. The number of para-hydroxylation sites is 1. The van der Waals surface area contributed by atoms with Crippen molar-refractivity contribution < 1.29 is 19.7 Å². The molecule has 7 heteroatoms. The van der Waals surface area contributed by atoms with Crippen molar-refractivity contribution in [3.8, 4) is 11.5 Å². The van der Waals surface area contributed by atoms with Gasteiger partial charge in [0.2, 0.25) is 5.91 Å². The van der Waals surface area contributed by atoms with Crippen molar-refractivity contribution in [1.29, 1.82) is 0 Å². The number of ether oxygens (including phenoxy) is 1. The van der Waals surface area contributed by atoms with Crippen molar-refractivity contribution in [3.63, 3.8) is 0 Å². The van der Waals surface area contributed by atoms with Gasteiger partial charge in [0.15, 0.2) is 0 Å². The number of rotatable bonds is 7. The van der Waals surface area contributed by atoms with Crippen LogP contribution in [0.15, 0.2) is 48.5 Å². The molecule has 154 valence electrons. The molecular formula is C22H27N3O4. The van der Waals surface area contributed by atoms with E-state index in [9.17, 15) is 15.0 Å². The van der Waals surface area contributed by atoms with Gasteiger partial charge in [-0.25, -0.2) is 10.9 Å². The quantitative estimate of drug-likeness (QED) is 0.570. The fourth-order valence-electron chi connectivity index (χ4n) is 4.56. The van der Waals surface area contributed by atoms with Crippen molar-refractivity contribution in [3.05, 3.63) is 59.7 Å². The van der Waals surface area contributed by atoms with Crippen molar-refractivity contribution >= 4 is 5.91 Å². The Morgan fingerprint density at radius 3 is 2.66 bits per heavy atom. The molecule has 2 aliphatic rings. The SMILES string of the molecule is CCOc1cccc(C2C3C(NNC3c3ccccc3O)C(=O)N2CCCO)c1. The van der Waals surface area contributed by atoms with E-state index in [2.05, 4.69) is 10.9 Å². The number of aromatic hydroxyl groups is 1. The Hall–Kier alpha value is -2.61. The number of benzene rings is 2. The molecule has 2 heterocycles. The van der Waals surface area contributed by atoms with Crippen LogP contribution in [0.1, 0.15) is 36.6 Å². The van der Waals surface area contributed by atoms with Crippen LogP contribution in [-0.4, -0.2) is 46.8 Å². The predicted molar refractivity (Wildman–Crippen MR) is 108 cm³/mol. The number of fused-ring (bicyclic) bond motifs is 1. The molecular weight excluding hydrogens is 370 g/mol. The third-order valence-electron chi connectivity index (χ3n) is 5.75. The zero-order valence-corrected chi connectivity index (χ0v) is 16.4. The van der Waals surface area contributed by atoms with Crippen molar-refractivity contribution in [2.24, 2.45) is 5.92 Å². The lowest BCUT2D eigenvalue weighted by Crippen LogP contribution is -2.41. The number of phenolic OH excluding ortho intramolecular Hbond substituents is 1. The normalized spacial score (nSPS) is 26.0. The second-order valence-corrected chi connectivity index (χ2v) is 7.44. The molecule has 4 rings (SSSR count). The first-order chi connectivity index (χ1) is 14.2. The molecule has 2 fully saturated rings. The molecule has 1 amide bonds. The highest BCUT2D eigenvalue weighted by atomic mass is 16.5. The third kappa shape index (κ3) is 3.57. The zero-order chi connectivity index (χ0) is 20.4. The monoisotopic (exact) mass is 397 g/mol. The Bertz CT molecular complexity index is 875. The maximum Gasteiger partial charge on any atom is 0.242 e. The van der Waals surface area contributed by atoms with Crippen LogP contribution in [0.25, 0.3) is 0 Å². The molecule has 0 spiro atoms. The first-order valence-electron chi connectivity index (χ1n) is 10.1. The molecule has 2 saturated heterocycles. The van der Waals surface area contributed by atoms with E-state index >= 15 is 0 Å². The van der Waals surface area contributed by atoms with Crippen LogP contribution in [0.2, 0.25) is 0 Å². The minimum absolute atomic E-state index is 0.000633. The number of phenols is 1. The Balaban J connectivity index is 1.76. The molecule has 2 aromatic carbocycles. The molecule has 0 radical (unpaired) electrons. The summed E-state index contributed by atoms with van der Waals surface area (Å²) in [5.74, 6) is 0.851. The number of nitrogens with one attached hydrogen (secondary N) is 2. The summed E-state index contributed by atoms with van der Waals surface area (Å²) in [6.45, 7) is 3.01. The van der Waals surface area contributed by atoms with E-state index in [1.54, 1.807) is 12.1 Å². The average molecular weight is 397 g/mol. The van der Waals surface area contributed by atoms with Crippen molar-refractivity contribution in [2.45, 2.75) is 31.5 Å². The molecule has 0 aromatic heterocycles. The van der Waals surface area contributed by atoms with Gasteiger partial charge in [0.25, 0.3) is 0 Å². The number of nitrogens with zero attached hydrogens (tertiary/aromatic N) is 1. The van der Waals surface area contributed by atoms with Crippen LogP contribution in [0.4, 0.5) is 0 Å². The average Bonchev–Trinajstić information content (AvgIpc) is 3.26. The minimum atomic E-state index is -0.404. The molecule has 29 heavy (non-hydrogen) atoms. The maximum absolute atomic E-state index is 13.2. The Morgan fingerprint density at radius 2 is 1.90 bits per heavy atom. The molecule has 4 N–H and O–H groups in total. The molecule has 0 saturated carbocycles. The first-order valence-corrected chi connectivity index (χ1v) is 10.1. The second kappa shape index (κ2) is 8.41. The topological polar surface area (TPSA) is 94.1 Å². The predicted octanol–water partition coefficient (Wildman–Crippen LogP) is 1.89. The molecule has 7 nitrogen and oxygen atoms in total. The standard InChI is InChI=1S/C22H27N3O4/c1-2-29-15-8-5-7-14(13-15)21-18-19(16-9-3-4-10-17(16)27)23-24-20(18)22(28)25(21)11-6-12-26/h3-5,7-10,13,18-21,23-24,26-27H,2,6,11-12H2,1H3. The van der Waals surface area contributed by atoms with E-state index in [0.717, 1.165) is 16.9 Å². The van der Waals surface area contributed by atoms with E-state index < -0.39 is 6.04 Å². The van der Waals surface area contributed by atoms with Crippen LogP contribution < -0.4 is 15.6 Å². The van der Waals surface area contributed by atoms with E-state index in [0.29, 0.717) is 19.6 Å². The summed E-state index contributed by atoms with van der Waals surface area (Å²) in [5.41, 5.74) is 8.11. The van der Waals surface area contributed by atoms with E-state index in [-0.39, 0.29) is 36.3 Å². The van der Waals surface area contributed by atoms with Gasteiger partial charge in [-0.2, -0.15) is 0 Å². The molecule has 2 aliphatic heterocycles. The number of carbonyl (C=O) groups excluding carboxylic acids is 1. The number of amides is 1. The van der Waals surface area contributed by atoms with Gasteiger partial charge in [0.1, 0.15) is 17.5 Å². The van der Waals surface area contributed by atoms with Gasteiger partial charge in [0, 0.05) is 24.6 Å².